The van der Waals surface area contributed by atoms with Gasteiger partial charge in [0.25, 0.3) is 5.56 Å². The summed E-state index contributed by atoms with van der Waals surface area (Å²) in [5.74, 6) is -1.74. The van der Waals surface area contributed by atoms with E-state index in [0.29, 0.717) is 54.9 Å². The highest BCUT2D eigenvalue weighted by Gasteiger charge is 2.34. The maximum atomic E-state index is 12.9. The van der Waals surface area contributed by atoms with Crippen LogP contribution in [-0.4, -0.2) is 57.7 Å². The van der Waals surface area contributed by atoms with Crippen LogP contribution < -0.4 is 5.56 Å². The molecule has 1 saturated heterocycles. The Hall–Kier alpha value is -2.26. The zero-order valence-corrected chi connectivity index (χ0v) is 14.3. The van der Waals surface area contributed by atoms with Crippen LogP contribution in [0.5, 0.6) is 0 Å². The number of nitrogens with zero attached hydrogens (tertiary/aromatic N) is 3. The summed E-state index contributed by atoms with van der Waals surface area (Å²) in [5, 5.41) is 9.78. The summed E-state index contributed by atoms with van der Waals surface area (Å²) in [6.07, 6.45) is 2.54. The lowest BCUT2D eigenvalue weighted by atomic mass is 10.0. The maximum absolute atomic E-state index is 12.9. The van der Waals surface area contributed by atoms with Crippen molar-refractivity contribution in [3.63, 3.8) is 0 Å². The minimum atomic E-state index is -0.919. The fraction of sp³-hybridized carbons (Fsp3) is 0.500. The second-order valence-corrected chi connectivity index (χ2v) is 7.30. The van der Waals surface area contributed by atoms with Gasteiger partial charge < -0.3 is 14.7 Å². The summed E-state index contributed by atoms with van der Waals surface area (Å²) >= 11 is 1.38. The smallest absolute Gasteiger partial charge is 0.311 e. The molecule has 0 spiro atoms. The van der Waals surface area contributed by atoms with Gasteiger partial charge in [0, 0.05) is 18.0 Å². The number of carboxylic acid groups (broad SMARTS) is 1. The first-order chi connectivity index (χ1) is 12.1. The lowest BCUT2D eigenvalue weighted by Crippen LogP contribution is -2.43. The van der Waals surface area contributed by atoms with Crippen LogP contribution >= 0.6 is 11.3 Å². The van der Waals surface area contributed by atoms with Crippen LogP contribution in [0.25, 0.3) is 10.2 Å². The van der Waals surface area contributed by atoms with Crippen LogP contribution in [0.3, 0.4) is 0 Å². The molecule has 25 heavy (non-hydrogen) atoms. The molecular formula is C16H17N3O5S. The lowest BCUT2D eigenvalue weighted by Gasteiger charge is -2.27. The molecule has 2 aromatic rings. The van der Waals surface area contributed by atoms with E-state index in [0.717, 1.165) is 4.88 Å². The number of hydrogen-bond acceptors (Lipinski definition) is 6. The maximum Gasteiger partial charge on any atom is 0.311 e. The second-order valence-electron chi connectivity index (χ2n) is 6.22. The van der Waals surface area contributed by atoms with E-state index in [2.05, 4.69) is 4.98 Å². The molecule has 2 aromatic heterocycles. The third-order valence-electron chi connectivity index (χ3n) is 4.77. The number of amides is 1. The number of carbonyl (C=O) groups excluding carboxylic acids is 1. The average molecular weight is 363 g/mol. The molecule has 9 heteroatoms. The number of fused-ring (bicyclic) bond motifs is 3. The number of morpholine rings is 1. The third-order valence-corrected chi connectivity index (χ3v) is 5.94. The molecule has 4 rings (SSSR count). The van der Waals surface area contributed by atoms with Gasteiger partial charge in [-0.15, -0.1) is 11.3 Å². The molecule has 0 bridgehead atoms. The minimum Gasteiger partial charge on any atom is -0.481 e. The van der Waals surface area contributed by atoms with E-state index in [1.54, 1.807) is 4.90 Å². The molecular weight excluding hydrogens is 346 g/mol. The fourth-order valence-corrected chi connectivity index (χ4v) is 4.69. The SMILES string of the molecule is O=C(O)C1CCc2sc3ncn(CC(=O)N4CCOCC4)c(=O)c3c21. The van der Waals surface area contributed by atoms with Gasteiger partial charge in [0.05, 0.1) is 30.8 Å². The Balaban J connectivity index is 1.70. The average Bonchev–Trinajstić information content (AvgIpc) is 3.17. The summed E-state index contributed by atoms with van der Waals surface area (Å²) in [6, 6.07) is 0. The monoisotopic (exact) mass is 363 g/mol. The first kappa shape index (κ1) is 16.2. The summed E-state index contributed by atoms with van der Waals surface area (Å²) < 4.78 is 6.51. The molecule has 1 aliphatic heterocycles. The number of hydrogen-bond donors (Lipinski definition) is 1. The number of carbonyl (C=O) groups is 2. The van der Waals surface area contributed by atoms with Crippen molar-refractivity contribution < 1.29 is 19.4 Å². The Morgan fingerprint density at radius 1 is 1.36 bits per heavy atom. The van der Waals surface area contributed by atoms with E-state index in [1.165, 1.54) is 22.2 Å². The van der Waals surface area contributed by atoms with E-state index < -0.39 is 11.9 Å². The van der Waals surface area contributed by atoms with E-state index in [1.807, 2.05) is 0 Å². The summed E-state index contributed by atoms with van der Waals surface area (Å²) in [4.78, 5) is 44.2. The largest absolute Gasteiger partial charge is 0.481 e. The summed E-state index contributed by atoms with van der Waals surface area (Å²) in [5.41, 5.74) is 0.260. The highest BCUT2D eigenvalue weighted by Crippen LogP contribution is 2.41. The van der Waals surface area contributed by atoms with Crippen molar-refractivity contribution >= 4 is 33.4 Å². The standard InChI is InChI=1S/C16H17N3O5S/c20-11(18-3-5-24-6-4-18)7-19-8-17-14-13(15(19)21)12-9(16(22)23)1-2-10(12)25-14/h8-9H,1-7H2,(H,22,23). The van der Waals surface area contributed by atoms with E-state index in [9.17, 15) is 19.5 Å². The van der Waals surface area contributed by atoms with Gasteiger partial charge in [0.15, 0.2) is 0 Å². The lowest BCUT2D eigenvalue weighted by molar-refractivity contribution is -0.139. The molecule has 132 valence electrons. The van der Waals surface area contributed by atoms with E-state index in [-0.39, 0.29) is 18.0 Å². The van der Waals surface area contributed by atoms with Crippen molar-refractivity contribution in [3.05, 3.63) is 27.1 Å². The van der Waals surface area contributed by atoms with Crippen LogP contribution in [0, 0.1) is 0 Å². The molecule has 0 saturated carbocycles. The van der Waals surface area contributed by atoms with Crippen molar-refractivity contribution in [2.24, 2.45) is 0 Å². The third kappa shape index (κ3) is 2.73. The molecule has 8 nitrogen and oxygen atoms in total. The molecule has 0 aromatic carbocycles. The van der Waals surface area contributed by atoms with Gasteiger partial charge in [-0.25, -0.2) is 4.98 Å². The molecule has 1 N–H and O–H groups in total. The van der Waals surface area contributed by atoms with Gasteiger partial charge in [-0.2, -0.15) is 0 Å². The number of aryl methyl sites for hydroxylation is 1. The van der Waals surface area contributed by atoms with E-state index in [4.69, 9.17) is 4.74 Å². The van der Waals surface area contributed by atoms with Gasteiger partial charge in [-0.1, -0.05) is 0 Å². The zero-order valence-electron chi connectivity index (χ0n) is 13.4. The molecule has 2 aliphatic rings. The molecule has 1 fully saturated rings. The predicted molar refractivity (Wildman–Crippen MR) is 90.0 cm³/mol. The van der Waals surface area contributed by atoms with Crippen molar-refractivity contribution in [2.45, 2.75) is 25.3 Å². The van der Waals surface area contributed by atoms with Gasteiger partial charge >= 0.3 is 5.97 Å². The quantitative estimate of drug-likeness (QED) is 0.849. The van der Waals surface area contributed by atoms with Crippen molar-refractivity contribution in [1.29, 1.82) is 0 Å². The number of aliphatic carboxylic acids is 1. The Kier molecular flexibility index (Phi) is 4.04. The fourth-order valence-electron chi connectivity index (χ4n) is 3.49. The molecule has 0 radical (unpaired) electrons. The normalized spacial score (nSPS) is 20.0. The topological polar surface area (TPSA) is 102 Å². The van der Waals surface area contributed by atoms with Crippen molar-refractivity contribution in [1.82, 2.24) is 14.5 Å². The van der Waals surface area contributed by atoms with Crippen LogP contribution in [0.2, 0.25) is 0 Å². The Bertz CT molecular complexity index is 912. The first-order valence-electron chi connectivity index (χ1n) is 8.15. The summed E-state index contributed by atoms with van der Waals surface area (Å²) in [6.45, 7) is 1.92. The van der Waals surface area contributed by atoms with Crippen LogP contribution in [0.15, 0.2) is 11.1 Å². The zero-order chi connectivity index (χ0) is 17.6. The van der Waals surface area contributed by atoms with Crippen LogP contribution in [0.4, 0.5) is 0 Å². The second kappa shape index (κ2) is 6.23. The Morgan fingerprint density at radius 3 is 2.84 bits per heavy atom. The highest BCUT2D eigenvalue weighted by atomic mass is 32.1. The molecule has 1 amide bonds. The Labute approximate surface area is 146 Å². The minimum absolute atomic E-state index is 0.0931. The van der Waals surface area contributed by atoms with Gasteiger partial charge in [-0.3, -0.25) is 19.0 Å². The number of thiophene rings is 1. The van der Waals surface area contributed by atoms with E-state index >= 15 is 0 Å². The van der Waals surface area contributed by atoms with Crippen molar-refractivity contribution in [3.8, 4) is 0 Å². The number of carboxylic acids is 1. The number of rotatable bonds is 3. The number of aromatic nitrogens is 2. The Morgan fingerprint density at radius 2 is 2.12 bits per heavy atom. The van der Waals surface area contributed by atoms with Crippen LogP contribution in [-0.2, 0) is 27.3 Å². The molecule has 1 atom stereocenters. The number of ether oxygens (including phenoxy) is 1. The van der Waals surface area contributed by atoms with Gasteiger partial charge in [-0.05, 0) is 18.4 Å². The highest BCUT2D eigenvalue weighted by molar-refractivity contribution is 7.18. The molecule has 1 aliphatic carbocycles. The predicted octanol–water partition coefficient (Wildman–Crippen LogP) is 0.431. The van der Waals surface area contributed by atoms with Crippen LogP contribution in [0.1, 0.15) is 22.8 Å². The molecule has 3 heterocycles. The molecule has 1 unspecified atom stereocenters. The van der Waals surface area contributed by atoms with Gasteiger partial charge in [0.2, 0.25) is 5.91 Å². The van der Waals surface area contributed by atoms with Crippen molar-refractivity contribution in [2.75, 3.05) is 26.3 Å². The first-order valence-corrected chi connectivity index (χ1v) is 8.97. The van der Waals surface area contributed by atoms with Gasteiger partial charge in [0.1, 0.15) is 11.4 Å². The summed E-state index contributed by atoms with van der Waals surface area (Å²) in [7, 11) is 0.